The Labute approximate surface area is 178 Å². The lowest BCUT2D eigenvalue weighted by molar-refractivity contribution is 0.0597. The molecule has 0 saturated carbocycles. The Kier molecular flexibility index (Phi) is 7.08. The molecule has 0 unspecified atom stereocenters. The van der Waals surface area contributed by atoms with Crippen LogP contribution >= 0.6 is 11.3 Å². The number of methoxy groups -OCH3 is 2. The number of sulfonamides is 1. The van der Waals surface area contributed by atoms with Gasteiger partial charge in [-0.3, -0.25) is 9.40 Å². The first-order chi connectivity index (χ1) is 14.4. The minimum Gasteiger partial charge on any atom is -0.493 e. The minimum absolute atomic E-state index is 0.0524. The van der Waals surface area contributed by atoms with E-state index in [9.17, 15) is 13.2 Å². The van der Waals surface area contributed by atoms with Gasteiger partial charge in [0.15, 0.2) is 9.96 Å². The lowest BCUT2D eigenvalue weighted by Gasteiger charge is -2.07. The average molecular weight is 452 g/mol. The Morgan fingerprint density at radius 3 is 2.70 bits per heavy atom. The number of nitrogens with one attached hydrogen (secondary N) is 1. The van der Waals surface area contributed by atoms with Crippen molar-refractivity contribution in [1.82, 2.24) is 9.78 Å². The van der Waals surface area contributed by atoms with Crippen molar-refractivity contribution in [3.63, 3.8) is 0 Å². The fourth-order valence-electron chi connectivity index (χ4n) is 2.62. The summed E-state index contributed by atoms with van der Waals surface area (Å²) < 4.78 is 44.8. The fraction of sp³-hybridized carbons (Fsp3) is 0.263. The normalized spacial score (nSPS) is 11.3. The van der Waals surface area contributed by atoms with Crippen LogP contribution in [-0.4, -0.2) is 45.0 Å². The van der Waals surface area contributed by atoms with E-state index >= 15 is 0 Å². The van der Waals surface area contributed by atoms with Crippen LogP contribution in [-0.2, 0) is 32.6 Å². The summed E-state index contributed by atoms with van der Waals surface area (Å²) in [5, 5.41) is 5.52. The highest BCUT2D eigenvalue weighted by Gasteiger charge is 2.28. The SMILES string of the molecule is COC(=O)c1csc(S(=O)(=O)Nc2cnn(CCOCc3ccccc3)c2)c1OC. The summed E-state index contributed by atoms with van der Waals surface area (Å²) in [5.74, 6) is -0.728. The molecular formula is C19H21N3O6S2. The number of nitrogens with zero attached hydrogens (tertiary/aromatic N) is 2. The van der Waals surface area contributed by atoms with Crippen molar-refractivity contribution >= 4 is 33.0 Å². The van der Waals surface area contributed by atoms with Crippen molar-refractivity contribution < 1.29 is 27.4 Å². The van der Waals surface area contributed by atoms with Crippen LogP contribution in [0.4, 0.5) is 5.69 Å². The quantitative estimate of drug-likeness (QED) is 0.373. The summed E-state index contributed by atoms with van der Waals surface area (Å²) >= 11 is 0.869. The molecule has 0 spiro atoms. The second-order valence-electron chi connectivity index (χ2n) is 6.10. The Morgan fingerprint density at radius 1 is 1.23 bits per heavy atom. The van der Waals surface area contributed by atoms with E-state index < -0.39 is 16.0 Å². The maximum atomic E-state index is 12.7. The second kappa shape index (κ2) is 9.74. The summed E-state index contributed by atoms with van der Waals surface area (Å²) in [6, 6.07) is 9.79. The molecule has 2 heterocycles. The third-order valence-electron chi connectivity index (χ3n) is 4.03. The minimum atomic E-state index is -3.97. The van der Waals surface area contributed by atoms with Crippen LogP contribution in [0.5, 0.6) is 5.75 Å². The van der Waals surface area contributed by atoms with E-state index in [1.807, 2.05) is 30.3 Å². The molecule has 1 N–H and O–H groups in total. The number of esters is 1. The van der Waals surface area contributed by atoms with Gasteiger partial charge in [0.25, 0.3) is 10.0 Å². The van der Waals surface area contributed by atoms with Gasteiger partial charge < -0.3 is 14.2 Å². The van der Waals surface area contributed by atoms with E-state index in [0.717, 1.165) is 16.9 Å². The van der Waals surface area contributed by atoms with Crippen LogP contribution in [0.1, 0.15) is 15.9 Å². The molecule has 3 aromatic rings. The summed E-state index contributed by atoms with van der Waals surface area (Å²) in [6.45, 7) is 1.37. The lowest BCUT2D eigenvalue weighted by atomic mass is 10.2. The predicted molar refractivity (Wildman–Crippen MR) is 111 cm³/mol. The molecule has 9 nitrogen and oxygen atoms in total. The number of hydrogen-bond acceptors (Lipinski definition) is 8. The maximum absolute atomic E-state index is 12.7. The molecule has 0 amide bonds. The highest BCUT2D eigenvalue weighted by atomic mass is 32.2. The predicted octanol–water partition coefficient (Wildman–Crippen LogP) is 2.76. The Hall–Kier alpha value is -2.89. The highest BCUT2D eigenvalue weighted by molar-refractivity contribution is 7.94. The molecule has 0 bridgehead atoms. The van der Waals surface area contributed by atoms with E-state index in [0.29, 0.717) is 19.8 Å². The number of ether oxygens (including phenoxy) is 3. The third kappa shape index (κ3) is 5.17. The van der Waals surface area contributed by atoms with Crippen LogP contribution in [0, 0.1) is 0 Å². The standard InChI is InChI=1S/C19H21N3O6S2/c1-26-17-16(18(23)27-2)13-29-19(17)30(24,25)21-15-10-20-22(11-15)8-9-28-12-14-6-4-3-5-7-14/h3-7,10-11,13,21H,8-9,12H2,1-2H3. The van der Waals surface area contributed by atoms with Gasteiger partial charge in [0.05, 0.1) is 45.9 Å². The van der Waals surface area contributed by atoms with Crippen LogP contribution in [0.15, 0.2) is 52.3 Å². The molecule has 0 radical (unpaired) electrons. The molecule has 160 valence electrons. The molecule has 1 aromatic carbocycles. The topological polar surface area (TPSA) is 109 Å². The second-order valence-corrected chi connectivity index (χ2v) is 8.85. The van der Waals surface area contributed by atoms with E-state index in [4.69, 9.17) is 9.47 Å². The van der Waals surface area contributed by atoms with Gasteiger partial charge in [-0.1, -0.05) is 30.3 Å². The first-order valence-corrected chi connectivity index (χ1v) is 11.2. The first kappa shape index (κ1) is 21.8. The maximum Gasteiger partial charge on any atom is 0.342 e. The van der Waals surface area contributed by atoms with Crippen molar-refractivity contribution in [3.05, 3.63) is 59.2 Å². The smallest absolute Gasteiger partial charge is 0.342 e. The van der Waals surface area contributed by atoms with Crippen LogP contribution in [0.2, 0.25) is 0 Å². The fourth-order valence-corrected chi connectivity index (χ4v) is 5.07. The summed E-state index contributed by atoms with van der Waals surface area (Å²) in [6.07, 6.45) is 2.96. The summed E-state index contributed by atoms with van der Waals surface area (Å²) in [4.78, 5) is 11.8. The first-order valence-electron chi connectivity index (χ1n) is 8.85. The Bertz CT molecular complexity index is 1090. The van der Waals surface area contributed by atoms with Gasteiger partial charge in [0, 0.05) is 11.6 Å². The van der Waals surface area contributed by atoms with Crippen molar-refractivity contribution in [2.75, 3.05) is 25.5 Å². The monoisotopic (exact) mass is 451 g/mol. The zero-order valence-electron chi connectivity index (χ0n) is 16.4. The molecule has 2 aromatic heterocycles. The third-order valence-corrected chi connectivity index (χ3v) is 6.91. The van der Waals surface area contributed by atoms with Crippen molar-refractivity contribution in [3.8, 4) is 5.75 Å². The van der Waals surface area contributed by atoms with E-state index in [1.54, 1.807) is 10.9 Å². The van der Waals surface area contributed by atoms with Crippen molar-refractivity contribution in [2.45, 2.75) is 17.4 Å². The molecule has 3 rings (SSSR count). The Balaban J connectivity index is 1.61. The molecular weight excluding hydrogens is 430 g/mol. The zero-order valence-corrected chi connectivity index (χ0v) is 18.0. The number of anilines is 1. The van der Waals surface area contributed by atoms with Gasteiger partial charge in [-0.15, -0.1) is 11.3 Å². The summed E-state index contributed by atoms with van der Waals surface area (Å²) in [5.41, 5.74) is 1.41. The molecule has 0 aliphatic heterocycles. The number of carbonyl (C=O) groups excluding carboxylic acids is 1. The number of rotatable bonds is 10. The van der Waals surface area contributed by atoms with Gasteiger partial charge >= 0.3 is 5.97 Å². The Morgan fingerprint density at radius 2 is 2.00 bits per heavy atom. The van der Waals surface area contributed by atoms with Gasteiger partial charge in [-0.2, -0.15) is 5.10 Å². The van der Waals surface area contributed by atoms with Gasteiger partial charge in [-0.25, -0.2) is 13.2 Å². The number of benzene rings is 1. The molecule has 0 atom stereocenters. The van der Waals surface area contributed by atoms with E-state index in [2.05, 4.69) is 14.6 Å². The highest BCUT2D eigenvalue weighted by Crippen LogP contribution is 2.36. The molecule has 0 fully saturated rings. The summed E-state index contributed by atoms with van der Waals surface area (Å²) in [7, 11) is -1.47. The average Bonchev–Trinajstić information content (AvgIpc) is 3.38. The van der Waals surface area contributed by atoms with Crippen LogP contribution in [0.3, 0.4) is 0 Å². The number of aromatic nitrogens is 2. The molecule has 30 heavy (non-hydrogen) atoms. The van der Waals surface area contributed by atoms with Gasteiger partial charge in [-0.05, 0) is 5.56 Å². The number of carbonyl (C=O) groups is 1. The zero-order chi connectivity index (χ0) is 21.6. The molecule has 0 saturated heterocycles. The van der Waals surface area contributed by atoms with Crippen molar-refractivity contribution in [2.24, 2.45) is 0 Å². The van der Waals surface area contributed by atoms with Gasteiger partial charge in [0.1, 0.15) is 5.56 Å². The number of hydrogen-bond donors (Lipinski definition) is 1. The molecule has 0 aliphatic carbocycles. The van der Waals surface area contributed by atoms with Gasteiger partial charge in [0.2, 0.25) is 0 Å². The number of thiophene rings is 1. The van der Waals surface area contributed by atoms with Crippen LogP contribution in [0.25, 0.3) is 0 Å². The lowest BCUT2D eigenvalue weighted by Crippen LogP contribution is -2.13. The molecule has 0 aliphatic rings. The van der Waals surface area contributed by atoms with Crippen molar-refractivity contribution in [1.29, 1.82) is 0 Å². The largest absolute Gasteiger partial charge is 0.493 e. The van der Waals surface area contributed by atoms with E-state index in [-0.39, 0.29) is 21.2 Å². The van der Waals surface area contributed by atoms with Crippen LogP contribution < -0.4 is 9.46 Å². The van der Waals surface area contributed by atoms with E-state index in [1.165, 1.54) is 25.8 Å². The molecule has 11 heteroatoms.